The van der Waals surface area contributed by atoms with Crippen molar-refractivity contribution < 1.29 is 29.1 Å². The molecule has 7 heteroatoms. The first-order valence-corrected chi connectivity index (χ1v) is 7.01. The Balaban J connectivity index is 2.05. The lowest BCUT2D eigenvalue weighted by Crippen LogP contribution is -2.97. The Morgan fingerprint density at radius 2 is 2.00 bits per heavy atom. The van der Waals surface area contributed by atoms with Gasteiger partial charge in [0.1, 0.15) is 6.10 Å². The third-order valence-corrected chi connectivity index (χ3v) is 3.79. The number of methoxy groups -OCH3 is 1. The van der Waals surface area contributed by atoms with Crippen LogP contribution in [0.3, 0.4) is 0 Å². The highest BCUT2D eigenvalue weighted by Crippen LogP contribution is 2.25. The van der Waals surface area contributed by atoms with Gasteiger partial charge in [0.2, 0.25) is 0 Å². The van der Waals surface area contributed by atoms with Gasteiger partial charge < -0.3 is 19.1 Å². The Labute approximate surface area is 118 Å². The minimum Gasteiger partial charge on any atom is -0.423 e. The zero-order valence-corrected chi connectivity index (χ0v) is 12.2. The van der Waals surface area contributed by atoms with Gasteiger partial charge in [0.15, 0.2) is 12.3 Å². The highest BCUT2D eigenvalue weighted by Gasteiger charge is 2.44. The van der Waals surface area contributed by atoms with Crippen molar-refractivity contribution in [2.45, 2.75) is 38.6 Å². The van der Waals surface area contributed by atoms with Crippen LogP contribution in [-0.4, -0.2) is 62.1 Å². The summed E-state index contributed by atoms with van der Waals surface area (Å²) in [4.78, 5) is 25.8. The molecule has 20 heavy (non-hydrogen) atoms. The lowest BCUT2D eigenvalue weighted by atomic mass is 10.0. The van der Waals surface area contributed by atoms with Crippen LogP contribution in [0.1, 0.15) is 20.3 Å². The van der Waals surface area contributed by atoms with Gasteiger partial charge in [-0.25, -0.2) is 5.32 Å². The molecule has 7 nitrogen and oxygen atoms in total. The number of carbonyl (C=O) groups is 2. The fraction of sp³-hybridized carbons (Fsp3) is 0.846. The molecule has 2 aliphatic heterocycles. The second-order valence-corrected chi connectivity index (χ2v) is 5.45. The summed E-state index contributed by atoms with van der Waals surface area (Å²) in [6.45, 7) is 5.50. The van der Waals surface area contributed by atoms with Crippen LogP contribution >= 0.6 is 0 Å². The summed E-state index contributed by atoms with van der Waals surface area (Å²) < 4.78 is 15.9. The van der Waals surface area contributed by atoms with Crippen LogP contribution in [0.2, 0.25) is 0 Å². The molecule has 2 heterocycles. The van der Waals surface area contributed by atoms with Crippen LogP contribution in [-0.2, 0) is 19.0 Å². The van der Waals surface area contributed by atoms with Crippen molar-refractivity contribution in [3.8, 4) is 0 Å². The largest absolute Gasteiger partial charge is 0.513 e. The van der Waals surface area contributed by atoms with E-state index >= 15 is 0 Å². The van der Waals surface area contributed by atoms with E-state index in [0.29, 0.717) is 19.8 Å². The van der Waals surface area contributed by atoms with Crippen LogP contribution in [0, 0.1) is 5.92 Å². The summed E-state index contributed by atoms with van der Waals surface area (Å²) in [7, 11) is 1.31. The van der Waals surface area contributed by atoms with E-state index in [-0.39, 0.29) is 24.2 Å². The quantitative estimate of drug-likeness (QED) is 0.743. The molecule has 2 N–H and O–H groups in total. The number of ether oxygens (including phenoxy) is 3. The maximum atomic E-state index is 12.6. The lowest BCUT2D eigenvalue weighted by molar-refractivity contribution is -0.601. The molecule has 2 aliphatic rings. The molecular formula is C13H23N2O5+. The Morgan fingerprint density at radius 1 is 1.30 bits per heavy atom. The van der Waals surface area contributed by atoms with Crippen molar-refractivity contribution in [1.29, 1.82) is 0 Å². The molecule has 2 rings (SSSR count). The van der Waals surface area contributed by atoms with Gasteiger partial charge >= 0.3 is 6.09 Å². The van der Waals surface area contributed by atoms with Crippen molar-refractivity contribution in [3.05, 3.63) is 0 Å². The number of carbonyl (C=O) groups excluding carboxylic acids is 2. The van der Waals surface area contributed by atoms with Gasteiger partial charge in [0.05, 0.1) is 20.3 Å². The van der Waals surface area contributed by atoms with Gasteiger partial charge in [-0.1, -0.05) is 13.8 Å². The lowest BCUT2D eigenvalue weighted by Gasteiger charge is -2.33. The molecule has 0 aromatic heterocycles. The Morgan fingerprint density at radius 3 is 2.65 bits per heavy atom. The van der Waals surface area contributed by atoms with Gasteiger partial charge in [0, 0.05) is 12.5 Å². The summed E-state index contributed by atoms with van der Waals surface area (Å²) in [6.07, 6.45) is -0.0600. The number of nitrogens with zero attached hydrogens (tertiary/aromatic N) is 1. The molecule has 0 aromatic carbocycles. The molecule has 0 bridgehead atoms. The van der Waals surface area contributed by atoms with Gasteiger partial charge in [-0.2, -0.15) is 4.79 Å². The predicted molar refractivity (Wildman–Crippen MR) is 68.8 cm³/mol. The fourth-order valence-electron chi connectivity index (χ4n) is 2.66. The molecule has 1 unspecified atom stereocenters. The number of rotatable bonds is 3. The van der Waals surface area contributed by atoms with E-state index in [2.05, 4.69) is 4.74 Å². The Bertz CT molecular complexity index is 374. The number of fused-ring (bicyclic) bond motifs is 1. The number of primary amides is 1. The van der Waals surface area contributed by atoms with E-state index in [1.807, 2.05) is 13.8 Å². The third-order valence-electron chi connectivity index (χ3n) is 3.79. The van der Waals surface area contributed by atoms with Crippen LogP contribution in [0.5, 0.6) is 0 Å². The molecule has 0 spiro atoms. The first-order valence-electron chi connectivity index (χ1n) is 7.01. The van der Waals surface area contributed by atoms with Gasteiger partial charge in [-0.15, -0.1) is 0 Å². The Kier molecular flexibility index (Phi) is 4.95. The molecule has 0 aromatic rings. The van der Waals surface area contributed by atoms with E-state index in [4.69, 9.17) is 9.47 Å². The van der Waals surface area contributed by atoms with Gasteiger partial charge in [-0.3, -0.25) is 4.79 Å². The van der Waals surface area contributed by atoms with Gasteiger partial charge in [0.25, 0.3) is 5.91 Å². The van der Waals surface area contributed by atoms with E-state index in [9.17, 15) is 9.59 Å². The van der Waals surface area contributed by atoms with Crippen molar-refractivity contribution in [2.24, 2.45) is 5.92 Å². The maximum absolute atomic E-state index is 12.6. The second-order valence-electron chi connectivity index (χ2n) is 5.45. The Hall–Kier alpha value is -1.18. The maximum Gasteiger partial charge on any atom is 0.513 e. The first kappa shape index (κ1) is 15.2. The van der Waals surface area contributed by atoms with E-state index in [1.165, 1.54) is 12.4 Å². The monoisotopic (exact) mass is 287 g/mol. The summed E-state index contributed by atoms with van der Waals surface area (Å²) in [5.41, 5.74) is 0. The number of amides is 2. The summed E-state index contributed by atoms with van der Waals surface area (Å²) >= 11 is 0. The standard InChI is InChI=1S/C13H22N2O5/c1-8(2)10(14-13(17)18-3)11(16)15-5-4-9-12(15)20-7-6-19-9/h8-10,12H,4-7H2,1-3H3,(H,14,17)/p+1/t9-,10?,12+/m1/s1. The molecule has 0 radical (unpaired) electrons. The number of hydrogen-bond donors (Lipinski definition) is 1. The van der Waals surface area contributed by atoms with E-state index in [0.717, 1.165) is 6.42 Å². The average molecular weight is 287 g/mol. The van der Waals surface area contributed by atoms with Crippen molar-refractivity contribution in [3.63, 3.8) is 0 Å². The average Bonchev–Trinajstić information content (AvgIpc) is 2.87. The molecule has 2 fully saturated rings. The summed E-state index contributed by atoms with van der Waals surface area (Å²) in [5, 5.41) is 1.35. The number of quaternary nitrogens is 1. The molecule has 2 saturated heterocycles. The first-order chi connectivity index (χ1) is 9.54. The van der Waals surface area contributed by atoms with E-state index in [1.54, 1.807) is 4.90 Å². The smallest absolute Gasteiger partial charge is 0.423 e. The minimum absolute atomic E-state index is 0.0187. The molecular weight excluding hydrogens is 264 g/mol. The van der Waals surface area contributed by atoms with Crippen LogP contribution < -0.4 is 5.32 Å². The number of hydrogen-bond acceptors (Lipinski definition) is 5. The highest BCUT2D eigenvalue weighted by molar-refractivity contribution is 5.82. The normalized spacial score (nSPS) is 27.3. The number of nitrogens with two attached hydrogens (primary N) is 1. The van der Waals surface area contributed by atoms with Crippen LogP contribution in [0.15, 0.2) is 0 Å². The molecule has 0 saturated carbocycles. The second kappa shape index (κ2) is 6.51. The van der Waals surface area contributed by atoms with Crippen LogP contribution in [0.25, 0.3) is 0 Å². The third kappa shape index (κ3) is 3.11. The molecule has 0 aliphatic carbocycles. The minimum atomic E-state index is -0.494. The highest BCUT2D eigenvalue weighted by atomic mass is 16.6. The zero-order valence-electron chi connectivity index (χ0n) is 12.2. The number of likely N-dealkylation sites (tertiary alicyclic amines) is 1. The predicted octanol–water partition coefficient (Wildman–Crippen LogP) is -0.685. The fourth-order valence-corrected chi connectivity index (χ4v) is 2.66. The van der Waals surface area contributed by atoms with Crippen LogP contribution in [0.4, 0.5) is 4.79 Å². The molecule has 2 amide bonds. The summed E-state index contributed by atoms with van der Waals surface area (Å²) in [6, 6.07) is -0.494. The van der Waals surface area contributed by atoms with Crippen molar-refractivity contribution >= 4 is 12.0 Å². The molecule has 114 valence electrons. The zero-order chi connectivity index (χ0) is 14.7. The summed E-state index contributed by atoms with van der Waals surface area (Å²) in [5.74, 6) is -0.0754. The van der Waals surface area contributed by atoms with Crippen molar-refractivity contribution in [2.75, 3.05) is 26.9 Å². The topological polar surface area (TPSA) is 81.7 Å². The van der Waals surface area contributed by atoms with Gasteiger partial charge in [-0.05, 0) is 6.42 Å². The van der Waals surface area contributed by atoms with E-state index < -0.39 is 12.1 Å². The van der Waals surface area contributed by atoms with Crippen molar-refractivity contribution in [1.82, 2.24) is 4.90 Å². The molecule has 3 atom stereocenters. The SMILES string of the molecule is COC(=O)[NH2+]C(C(=O)N1CC[C@H]2OCCO[C@@H]21)C(C)C.